The highest BCUT2D eigenvalue weighted by molar-refractivity contribution is 7.17. The summed E-state index contributed by atoms with van der Waals surface area (Å²) in [4.78, 5) is 34.8. The molecule has 0 aliphatic carbocycles. The number of alkyl halides is 3. The van der Waals surface area contributed by atoms with Crippen molar-refractivity contribution in [3.63, 3.8) is 0 Å². The van der Waals surface area contributed by atoms with Gasteiger partial charge in [-0.15, -0.1) is 22.7 Å². The third kappa shape index (κ3) is 3.61. The molecule has 1 N–H and O–H groups in total. The van der Waals surface area contributed by atoms with E-state index in [1.54, 1.807) is 25.3 Å². The number of amides is 1. The van der Waals surface area contributed by atoms with Crippen LogP contribution in [-0.2, 0) is 6.18 Å². The number of aromatic nitrogens is 3. The Balaban J connectivity index is 1.64. The van der Waals surface area contributed by atoms with E-state index in [2.05, 4.69) is 15.4 Å². The molecule has 0 atom stereocenters. The first-order valence-corrected chi connectivity index (χ1v) is 10.3. The van der Waals surface area contributed by atoms with Crippen molar-refractivity contribution in [1.29, 1.82) is 0 Å². The average molecular weight is 450 g/mol. The molecule has 4 rings (SSSR count). The smallest absolute Gasteiger partial charge is 0.267 e. The number of hydrogen-bond donors (Lipinski definition) is 1. The van der Waals surface area contributed by atoms with Gasteiger partial charge in [0.1, 0.15) is 20.5 Å². The number of aryl methyl sites for hydroxylation is 2. The number of thiophene rings is 1. The number of thiazole rings is 1. The molecule has 3 aromatic heterocycles. The molecule has 0 radical (unpaired) electrons. The monoisotopic (exact) mass is 450 g/mol. The van der Waals surface area contributed by atoms with Crippen molar-refractivity contribution < 1.29 is 18.0 Å². The minimum Gasteiger partial charge on any atom is -0.267 e. The number of rotatable bonds is 3. The van der Waals surface area contributed by atoms with E-state index in [-0.39, 0.29) is 4.88 Å². The van der Waals surface area contributed by atoms with Gasteiger partial charge in [-0.25, -0.2) is 14.6 Å². The molecule has 0 saturated carbocycles. The maximum atomic E-state index is 12.8. The maximum absolute atomic E-state index is 12.8. The Morgan fingerprint density at radius 2 is 1.80 bits per heavy atom. The predicted octanol–water partition coefficient (Wildman–Crippen LogP) is 4.60. The summed E-state index contributed by atoms with van der Waals surface area (Å²) in [7, 11) is 0. The Labute approximate surface area is 175 Å². The molecular formula is C19H13F3N4O2S2. The third-order valence-electron chi connectivity index (χ3n) is 4.34. The third-order valence-corrected chi connectivity index (χ3v) is 6.35. The number of carbonyl (C=O) groups is 1. The molecule has 0 aliphatic heterocycles. The van der Waals surface area contributed by atoms with Gasteiger partial charge in [-0.2, -0.15) is 13.2 Å². The number of halogens is 3. The van der Waals surface area contributed by atoms with Crippen LogP contribution in [0, 0.1) is 13.8 Å². The summed E-state index contributed by atoms with van der Waals surface area (Å²) in [5.74, 6) is -0.224. The van der Waals surface area contributed by atoms with Crippen LogP contribution in [0.5, 0.6) is 0 Å². The van der Waals surface area contributed by atoms with Crippen LogP contribution in [0.25, 0.3) is 20.8 Å². The van der Waals surface area contributed by atoms with E-state index in [0.29, 0.717) is 32.3 Å². The zero-order valence-corrected chi connectivity index (χ0v) is 17.2. The Morgan fingerprint density at radius 1 is 1.10 bits per heavy atom. The average Bonchev–Trinajstić information content (AvgIpc) is 3.31. The van der Waals surface area contributed by atoms with Crippen molar-refractivity contribution in [3.05, 3.63) is 68.0 Å². The molecule has 30 heavy (non-hydrogen) atoms. The number of nitrogens with zero attached hydrogens (tertiary/aromatic N) is 3. The van der Waals surface area contributed by atoms with Crippen LogP contribution in [0.15, 0.2) is 40.5 Å². The highest BCUT2D eigenvalue weighted by Crippen LogP contribution is 2.33. The van der Waals surface area contributed by atoms with Gasteiger partial charge in [0.2, 0.25) is 0 Å². The molecule has 0 fully saturated rings. The molecule has 11 heteroatoms. The van der Waals surface area contributed by atoms with Gasteiger partial charge in [-0.1, -0.05) is 12.1 Å². The fourth-order valence-corrected chi connectivity index (χ4v) is 4.59. The van der Waals surface area contributed by atoms with E-state index in [9.17, 15) is 22.8 Å². The Bertz CT molecular complexity index is 1320. The van der Waals surface area contributed by atoms with E-state index in [4.69, 9.17) is 0 Å². The Hall–Kier alpha value is -3.05. The SMILES string of the molecule is Cc1nc(-c2ccc(C(F)(F)F)cc2)sc1C(=O)Nn1c(C)nc2sccc2c1=O. The van der Waals surface area contributed by atoms with Crippen LogP contribution >= 0.6 is 22.7 Å². The number of benzene rings is 1. The van der Waals surface area contributed by atoms with Crippen LogP contribution in [0.3, 0.4) is 0 Å². The van der Waals surface area contributed by atoms with Gasteiger partial charge >= 0.3 is 6.18 Å². The normalized spacial score (nSPS) is 11.8. The number of hydrogen-bond acceptors (Lipinski definition) is 6. The minimum atomic E-state index is -4.43. The fraction of sp³-hybridized carbons (Fsp3) is 0.158. The van der Waals surface area contributed by atoms with Crippen molar-refractivity contribution >= 4 is 38.8 Å². The van der Waals surface area contributed by atoms with E-state index in [1.807, 2.05) is 0 Å². The summed E-state index contributed by atoms with van der Waals surface area (Å²) in [6.45, 7) is 3.23. The predicted molar refractivity (Wildman–Crippen MR) is 110 cm³/mol. The lowest BCUT2D eigenvalue weighted by Gasteiger charge is -2.10. The molecule has 0 bridgehead atoms. The van der Waals surface area contributed by atoms with Gasteiger partial charge in [0.15, 0.2) is 0 Å². The van der Waals surface area contributed by atoms with Crippen molar-refractivity contribution in [2.45, 2.75) is 20.0 Å². The summed E-state index contributed by atoms with van der Waals surface area (Å²) in [6.07, 6.45) is -4.43. The lowest BCUT2D eigenvalue weighted by Crippen LogP contribution is -2.35. The van der Waals surface area contributed by atoms with Gasteiger partial charge < -0.3 is 0 Å². The number of nitrogens with one attached hydrogen (secondary N) is 1. The van der Waals surface area contributed by atoms with Crippen molar-refractivity contribution in [1.82, 2.24) is 14.6 Å². The number of carbonyl (C=O) groups excluding carboxylic acids is 1. The maximum Gasteiger partial charge on any atom is 0.416 e. The van der Waals surface area contributed by atoms with Gasteiger partial charge in [0.25, 0.3) is 11.5 Å². The second kappa shape index (κ2) is 7.33. The first-order chi connectivity index (χ1) is 14.1. The lowest BCUT2D eigenvalue weighted by molar-refractivity contribution is -0.137. The van der Waals surface area contributed by atoms with Crippen LogP contribution < -0.4 is 11.0 Å². The molecule has 1 aromatic carbocycles. The molecule has 1 amide bonds. The standard InChI is InChI=1S/C19H13F3N4O2S2/c1-9-14(30-16(23-9)11-3-5-12(6-4-11)19(20,21)22)15(27)25-26-10(2)24-17-13(18(26)28)7-8-29-17/h3-8H,1-2H3,(H,25,27). The van der Waals surface area contributed by atoms with E-state index < -0.39 is 23.2 Å². The van der Waals surface area contributed by atoms with Gasteiger partial charge in [0, 0.05) is 5.56 Å². The largest absolute Gasteiger partial charge is 0.416 e. The van der Waals surface area contributed by atoms with Gasteiger partial charge in [0.05, 0.1) is 16.6 Å². The highest BCUT2D eigenvalue weighted by atomic mass is 32.1. The van der Waals surface area contributed by atoms with Crippen molar-refractivity contribution in [2.75, 3.05) is 5.43 Å². The van der Waals surface area contributed by atoms with Crippen molar-refractivity contribution in [2.24, 2.45) is 0 Å². The van der Waals surface area contributed by atoms with Crippen LogP contribution in [0.1, 0.15) is 26.8 Å². The highest BCUT2D eigenvalue weighted by Gasteiger charge is 2.30. The molecule has 3 heterocycles. The summed E-state index contributed by atoms with van der Waals surface area (Å²) in [5.41, 5.74) is 2.26. The van der Waals surface area contributed by atoms with Gasteiger partial charge in [-0.3, -0.25) is 15.0 Å². The molecule has 6 nitrogen and oxygen atoms in total. The first kappa shape index (κ1) is 20.2. The molecule has 0 aliphatic rings. The van der Waals surface area contributed by atoms with Crippen LogP contribution in [-0.4, -0.2) is 20.6 Å². The molecule has 0 saturated heterocycles. The molecule has 0 unspecified atom stereocenters. The summed E-state index contributed by atoms with van der Waals surface area (Å²) in [5, 5.41) is 2.55. The zero-order valence-electron chi connectivity index (χ0n) is 15.6. The number of fused-ring (bicyclic) bond motifs is 1. The summed E-state index contributed by atoms with van der Waals surface area (Å²) in [6, 6.07) is 6.20. The summed E-state index contributed by atoms with van der Waals surface area (Å²) < 4.78 is 39.3. The van der Waals surface area contributed by atoms with Crippen LogP contribution in [0.2, 0.25) is 0 Å². The second-order valence-corrected chi connectivity index (χ2v) is 8.28. The molecule has 0 spiro atoms. The topological polar surface area (TPSA) is 76.9 Å². The Kier molecular flexibility index (Phi) is 4.94. The van der Waals surface area contributed by atoms with Crippen molar-refractivity contribution in [3.8, 4) is 10.6 Å². The zero-order chi connectivity index (χ0) is 21.6. The Morgan fingerprint density at radius 3 is 2.47 bits per heavy atom. The van der Waals surface area contributed by atoms with Gasteiger partial charge in [-0.05, 0) is 37.4 Å². The first-order valence-electron chi connectivity index (χ1n) is 8.58. The molecule has 4 aromatic rings. The van der Waals surface area contributed by atoms with E-state index in [0.717, 1.165) is 28.1 Å². The molecule has 154 valence electrons. The summed E-state index contributed by atoms with van der Waals surface area (Å²) >= 11 is 2.36. The van der Waals surface area contributed by atoms with E-state index in [1.165, 1.54) is 23.5 Å². The van der Waals surface area contributed by atoms with E-state index >= 15 is 0 Å². The lowest BCUT2D eigenvalue weighted by atomic mass is 10.1. The second-order valence-electron chi connectivity index (χ2n) is 6.39. The minimum absolute atomic E-state index is 0.251. The van der Waals surface area contributed by atoms with Crippen LogP contribution in [0.4, 0.5) is 13.2 Å². The molecular weight excluding hydrogens is 437 g/mol. The fourth-order valence-electron chi connectivity index (χ4n) is 2.83. The quantitative estimate of drug-likeness (QED) is 0.495.